The molecule has 0 saturated heterocycles. The van der Waals surface area contributed by atoms with E-state index in [0.717, 1.165) is 0 Å². The second-order valence-corrected chi connectivity index (χ2v) is 2.57. The monoisotopic (exact) mass is 182 g/mol. The highest BCUT2D eigenvalue weighted by atomic mass is 16.1. The molecule has 1 unspecified atom stereocenters. The van der Waals surface area contributed by atoms with Crippen molar-refractivity contribution in [2.24, 2.45) is 5.73 Å². The lowest BCUT2D eigenvalue weighted by atomic mass is 10.2. The van der Waals surface area contributed by atoms with Crippen LogP contribution < -0.4 is 5.73 Å². The molecule has 0 radical (unpaired) electrons. The lowest BCUT2D eigenvalue weighted by molar-refractivity contribution is -0.121. The van der Waals surface area contributed by atoms with Gasteiger partial charge in [-0.2, -0.15) is 0 Å². The topological polar surface area (TPSA) is 90.9 Å². The summed E-state index contributed by atoms with van der Waals surface area (Å²) in [7, 11) is 0. The Balaban J connectivity index is 2.91. The van der Waals surface area contributed by atoms with Gasteiger partial charge in [0.15, 0.2) is 6.29 Å². The molecule has 0 aliphatic carbocycles. The van der Waals surface area contributed by atoms with Gasteiger partial charge in [-0.1, -0.05) is 12.1 Å². The number of amides is 1. The van der Waals surface area contributed by atoms with Crippen molar-refractivity contribution in [1.29, 1.82) is 0 Å². The van der Waals surface area contributed by atoms with Crippen molar-refractivity contribution in [1.82, 2.24) is 15.0 Å². The standard InChI is InChI=1S/C7H10N4O2/c1-2-6(7(8)13)11-3-5(4-12)9-10-11/h3-4,6H,2H2,1H3,(H2,8,13). The molecule has 0 spiro atoms. The predicted molar refractivity (Wildman–Crippen MR) is 43.9 cm³/mol. The molecule has 0 aromatic carbocycles. The molecule has 1 rings (SSSR count). The molecular formula is C7H10N4O2. The number of carbonyl (C=O) groups excluding carboxylic acids is 2. The third kappa shape index (κ3) is 1.90. The van der Waals surface area contributed by atoms with Gasteiger partial charge in [-0.3, -0.25) is 9.59 Å². The number of nitrogens with zero attached hydrogens (tertiary/aromatic N) is 3. The molecule has 0 fully saturated rings. The van der Waals surface area contributed by atoms with Gasteiger partial charge >= 0.3 is 0 Å². The van der Waals surface area contributed by atoms with Crippen LogP contribution in [0.3, 0.4) is 0 Å². The highest BCUT2D eigenvalue weighted by Crippen LogP contribution is 2.08. The SMILES string of the molecule is CCC(C(N)=O)n1cc(C=O)nn1. The van der Waals surface area contributed by atoms with Gasteiger partial charge in [0.25, 0.3) is 0 Å². The smallest absolute Gasteiger partial charge is 0.242 e. The molecule has 1 atom stereocenters. The minimum atomic E-state index is -0.527. The third-order valence-electron chi connectivity index (χ3n) is 1.68. The molecule has 0 aliphatic rings. The summed E-state index contributed by atoms with van der Waals surface area (Å²) in [6, 6.07) is -0.527. The zero-order valence-corrected chi connectivity index (χ0v) is 7.17. The Labute approximate surface area is 74.7 Å². The molecule has 70 valence electrons. The van der Waals surface area contributed by atoms with E-state index in [1.165, 1.54) is 10.9 Å². The lowest BCUT2D eigenvalue weighted by Gasteiger charge is -2.08. The summed E-state index contributed by atoms with van der Waals surface area (Å²) in [6.45, 7) is 1.80. The normalized spacial score (nSPS) is 12.4. The van der Waals surface area contributed by atoms with Gasteiger partial charge in [-0.15, -0.1) is 5.10 Å². The Morgan fingerprint density at radius 3 is 2.92 bits per heavy atom. The summed E-state index contributed by atoms with van der Waals surface area (Å²) in [4.78, 5) is 21.1. The molecule has 13 heavy (non-hydrogen) atoms. The number of hydrogen-bond acceptors (Lipinski definition) is 4. The average molecular weight is 182 g/mol. The Kier molecular flexibility index (Phi) is 2.73. The van der Waals surface area contributed by atoms with Gasteiger partial charge in [0.1, 0.15) is 11.7 Å². The van der Waals surface area contributed by atoms with Crippen LogP contribution >= 0.6 is 0 Å². The van der Waals surface area contributed by atoms with Crippen molar-refractivity contribution in [3.8, 4) is 0 Å². The van der Waals surface area contributed by atoms with E-state index >= 15 is 0 Å². The second kappa shape index (κ2) is 3.79. The van der Waals surface area contributed by atoms with E-state index in [0.29, 0.717) is 12.7 Å². The molecule has 2 N–H and O–H groups in total. The molecule has 1 aromatic rings. The number of primary amides is 1. The Morgan fingerprint density at radius 1 is 1.85 bits per heavy atom. The van der Waals surface area contributed by atoms with E-state index in [1.807, 2.05) is 0 Å². The molecule has 1 aromatic heterocycles. The van der Waals surface area contributed by atoms with E-state index in [9.17, 15) is 9.59 Å². The van der Waals surface area contributed by atoms with E-state index in [2.05, 4.69) is 10.3 Å². The Bertz CT molecular complexity index is 320. The van der Waals surface area contributed by atoms with Crippen LogP contribution in [0.2, 0.25) is 0 Å². The molecule has 0 bridgehead atoms. The van der Waals surface area contributed by atoms with Crippen LogP contribution in [0.25, 0.3) is 0 Å². The van der Waals surface area contributed by atoms with Gasteiger partial charge < -0.3 is 5.73 Å². The molecule has 1 amide bonds. The summed E-state index contributed by atoms with van der Waals surface area (Å²) in [5, 5.41) is 7.14. The van der Waals surface area contributed by atoms with Gasteiger partial charge in [-0.25, -0.2) is 4.68 Å². The summed E-state index contributed by atoms with van der Waals surface area (Å²) in [5.41, 5.74) is 5.31. The van der Waals surface area contributed by atoms with Gasteiger partial charge in [0.2, 0.25) is 5.91 Å². The second-order valence-electron chi connectivity index (χ2n) is 2.57. The predicted octanol–water partition coefficient (Wildman–Crippen LogP) is -0.473. The number of aromatic nitrogens is 3. The van der Waals surface area contributed by atoms with E-state index < -0.39 is 11.9 Å². The largest absolute Gasteiger partial charge is 0.368 e. The molecule has 0 aliphatic heterocycles. The summed E-state index contributed by atoms with van der Waals surface area (Å²) in [5.74, 6) is -0.482. The summed E-state index contributed by atoms with van der Waals surface area (Å²) < 4.78 is 1.30. The minimum Gasteiger partial charge on any atom is -0.368 e. The first-order chi connectivity index (χ1) is 6.19. The maximum absolute atomic E-state index is 10.9. The maximum atomic E-state index is 10.9. The van der Waals surface area contributed by atoms with Crippen LogP contribution in [-0.4, -0.2) is 27.2 Å². The van der Waals surface area contributed by atoms with Crippen molar-refractivity contribution in [2.75, 3.05) is 0 Å². The summed E-state index contributed by atoms with van der Waals surface area (Å²) in [6.07, 6.45) is 2.49. The Morgan fingerprint density at radius 2 is 2.54 bits per heavy atom. The minimum absolute atomic E-state index is 0.194. The third-order valence-corrected chi connectivity index (χ3v) is 1.68. The lowest BCUT2D eigenvalue weighted by Crippen LogP contribution is -2.26. The number of nitrogens with two attached hydrogens (primary N) is 1. The number of carbonyl (C=O) groups is 2. The van der Waals surface area contributed by atoms with Gasteiger partial charge in [0, 0.05) is 0 Å². The number of rotatable bonds is 4. The highest BCUT2D eigenvalue weighted by Gasteiger charge is 2.16. The zero-order valence-electron chi connectivity index (χ0n) is 7.17. The van der Waals surface area contributed by atoms with Crippen molar-refractivity contribution in [3.63, 3.8) is 0 Å². The molecule has 1 heterocycles. The van der Waals surface area contributed by atoms with Crippen molar-refractivity contribution in [3.05, 3.63) is 11.9 Å². The first-order valence-electron chi connectivity index (χ1n) is 3.85. The van der Waals surface area contributed by atoms with Crippen LogP contribution in [0.15, 0.2) is 6.20 Å². The van der Waals surface area contributed by atoms with Gasteiger partial charge in [-0.05, 0) is 6.42 Å². The number of hydrogen-bond donors (Lipinski definition) is 1. The van der Waals surface area contributed by atoms with Crippen LogP contribution in [0.5, 0.6) is 0 Å². The van der Waals surface area contributed by atoms with Crippen LogP contribution in [-0.2, 0) is 4.79 Å². The summed E-state index contributed by atoms with van der Waals surface area (Å²) >= 11 is 0. The van der Waals surface area contributed by atoms with E-state index in [4.69, 9.17) is 5.73 Å². The maximum Gasteiger partial charge on any atom is 0.242 e. The van der Waals surface area contributed by atoms with Crippen LogP contribution in [0, 0.1) is 0 Å². The molecule has 0 saturated carbocycles. The fraction of sp³-hybridized carbons (Fsp3) is 0.429. The molecule has 6 nitrogen and oxygen atoms in total. The van der Waals surface area contributed by atoms with Crippen molar-refractivity contribution in [2.45, 2.75) is 19.4 Å². The van der Waals surface area contributed by atoms with Crippen LogP contribution in [0.4, 0.5) is 0 Å². The van der Waals surface area contributed by atoms with Crippen molar-refractivity contribution >= 4 is 12.2 Å². The van der Waals surface area contributed by atoms with Gasteiger partial charge in [0.05, 0.1) is 6.20 Å². The fourth-order valence-corrected chi connectivity index (χ4v) is 1.02. The van der Waals surface area contributed by atoms with Crippen molar-refractivity contribution < 1.29 is 9.59 Å². The first-order valence-corrected chi connectivity index (χ1v) is 3.85. The quantitative estimate of drug-likeness (QED) is 0.637. The molecular weight excluding hydrogens is 172 g/mol. The average Bonchev–Trinajstić information content (AvgIpc) is 2.53. The van der Waals surface area contributed by atoms with E-state index in [-0.39, 0.29) is 5.69 Å². The highest BCUT2D eigenvalue weighted by molar-refractivity contribution is 5.78. The molecule has 6 heteroatoms. The van der Waals surface area contributed by atoms with Crippen LogP contribution in [0.1, 0.15) is 29.9 Å². The first kappa shape index (κ1) is 9.37. The fourth-order valence-electron chi connectivity index (χ4n) is 1.02. The number of aldehydes is 1. The van der Waals surface area contributed by atoms with E-state index in [1.54, 1.807) is 6.92 Å². The Hall–Kier alpha value is -1.72. The zero-order chi connectivity index (χ0) is 9.84.